The molecule has 0 aliphatic carbocycles. The molecule has 0 fully saturated rings. The topological polar surface area (TPSA) is 85.2 Å². The second-order valence-corrected chi connectivity index (χ2v) is 7.76. The number of hydrogen-bond acceptors (Lipinski definition) is 4. The van der Waals surface area contributed by atoms with Crippen molar-refractivity contribution >= 4 is 11.8 Å². The molecule has 2 atom stereocenters. The van der Waals surface area contributed by atoms with Crippen molar-refractivity contribution in [3.63, 3.8) is 0 Å². The Bertz CT molecular complexity index is 927. The maximum Gasteiger partial charge on any atom is 0.254 e. The third-order valence-electron chi connectivity index (χ3n) is 5.61. The Morgan fingerprint density at radius 2 is 2.14 bits per heavy atom. The molecule has 1 aromatic carbocycles. The number of rotatable bonds is 5. The van der Waals surface area contributed by atoms with Gasteiger partial charge in [0.15, 0.2) is 0 Å². The van der Waals surface area contributed by atoms with Crippen LogP contribution in [0.2, 0.25) is 0 Å². The lowest BCUT2D eigenvalue weighted by Gasteiger charge is -2.26. The van der Waals surface area contributed by atoms with Gasteiger partial charge in [-0.15, -0.1) is 0 Å². The van der Waals surface area contributed by atoms with Crippen molar-refractivity contribution in [2.45, 2.75) is 45.3 Å². The third kappa shape index (κ3) is 4.41. The monoisotopic (exact) mass is 400 g/mol. The highest BCUT2D eigenvalue weighted by molar-refractivity contribution is 5.95. The number of aromatic nitrogens is 2. The van der Waals surface area contributed by atoms with E-state index in [9.17, 15) is 14.0 Å². The highest BCUT2D eigenvalue weighted by Crippen LogP contribution is 2.28. The summed E-state index contributed by atoms with van der Waals surface area (Å²) in [7, 11) is 0. The van der Waals surface area contributed by atoms with E-state index < -0.39 is 0 Å². The number of fused-ring (bicyclic) bond motifs is 2. The summed E-state index contributed by atoms with van der Waals surface area (Å²) in [5.41, 5.74) is 2.36. The Morgan fingerprint density at radius 3 is 2.97 bits per heavy atom. The van der Waals surface area contributed by atoms with E-state index in [0.29, 0.717) is 36.7 Å². The molecule has 2 amide bonds. The van der Waals surface area contributed by atoms with Gasteiger partial charge < -0.3 is 15.4 Å². The van der Waals surface area contributed by atoms with Crippen LogP contribution in [-0.2, 0) is 24.2 Å². The van der Waals surface area contributed by atoms with Gasteiger partial charge in [-0.2, -0.15) is 5.10 Å². The molecule has 2 aliphatic heterocycles. The minimum absolute atomic E-state index is 0.0427. The molecule has 7 nitrogen and oxygen atoms in total. The first kappa shape index (κ1) is 19.4. The van der Waals surface area contributed by atoms with E-state index in [4.69, 9.17) is 4.74 Å². The molecule has 0 bridgehead atoms. The summed E-state index contributed by atoms with van der Waals surface area (Å²) in [6.07, 6.45) is 4.55. The zero-order valence-electron chi connectivity index (χ0n) is 16.4. The maximum absolute atomic E-state index is 13.3. The van der Waals surface area contributed by atoms with E-state index in [0.717, 1.165) is 37.1 Å². The Hall–Kier alpha value is -2.90. The van der Waals surface area contributed by atoms with Gasteiger partial charge in [0, 0.05) is 20.0 Å². The maximum atomic E-state index is 13.3. The van der Waals surface area contributed by atoms with Gasteiger partial charge in [0.2, 0.25) is 5.91 Å². The van der Waals surface area contributed by atoms with Gasteiger partial charge >= 0.3 is 0 Å². The molecule has 0 saturated carbocycles. The zero-order valence-corrected chi connectivity index (χ0v) is 16.4. The summed E-state index contributed by atoms with van der Waals surface area (Å²) in [6, 6.07) is 4.53. The number of aryl methyl sites for hydroxylation is 2. The van der Waals surface area contributed by atoms with Crippen LogP contribution < -0.4 is 15.4 Å². The van der Waals surface area contributed by atoms with Gasteiger partial charge in [-0.05, 0) is 55.4 Å². The zero-order chi connectivity index (χ0) is 20.4. The smallest absolute Gasteiger partial charge is 0.254 e. The van der Waals surface area contributed by atoms with Crippen molar-refractivity contribution in [1.82, 2.24) is 20.4 Å². The van der Waals surface area contributed by atoms with E-state index in [2.05, 4.69) is 15.7 Å². The molecular weight excluding hydrogens is 375 g/mol. The van der Waals surface area contributed by atoms with Crippen LogP contribution in [0.15, 0.2) is 24.4 Å². The minimum Gasteiger partial charge on any atom is -0.488 e. The van der Waals surface area contributed by atoms with Crippen LogP contribution >= 0.6 is 0 Å². The molecule has 0 saturated heterocycles. The molecule has 2 N–H and O–H groups in total. The van der Waals surface area contributed by atoms with Crippen molar-refractivity contribution in [3.8, 4) is 5.75 Å². The summed E-state index contributed by atoms with van der Waals surface area (Å²) in [4.78, 5) is 23.9. The summed E-state index contributed by atoms with van der Waals surface area (Å²) in [5, 5.41) is 10.2. The van der Waals surface area contributed by atoms with Gasteiger partial charge in [-0.25, -0.2) is 4.39 Å². The van der Waals surface area contributed by atoms with E-state index in [1.54, 1.807) is 12.3 Å². The average molecular weight is 400 g/mol. The van der Waals surface area contributed by atoms with E-state index >= 15 is 0 Å². The Kier molecular flexibility index (Phi) is 5.51. The Morgan fingerprint density at radius 1 is 1.28 bits per heavy atom. The fraction of sp³-hybridized carbons (Fsp3) is 0.476. The lowest BCUT2D eigenvalue weighted by Crippen LogP contribution is -2.38. The summed E-state index contributed by atoms with van der Waals surface area (Å²) in [5.74, 6) is 0.509. The third-order valence-corrected chi connectivity index (χ3v) is 5.61. The first-order valence-electron chi connectivity index (χ1n) is 10.0. The van der Waals surface area contributed by atoms with E-state index in [-0.39, 0.29) is 23.7 Å². The van der Waals surface area contributed by atoms with Gasteiger partial charge in [0.25, 0.3) is 5.91 Å². The molecule has 4 rings (SSSR count). The standard InChI is InChI=1S/C21H25FN4O3/c1-13(27)23-10-14-6-7-26-19(8-14)18(12-25-26)21(28)24-11-17-4-2-15-9-16(22)3-5-20(15)29-17/h3,5,9,12,14,17H,2,4,6-8,10-11H2,1H3,(H,23,27)(H,24,28). The number of amides is 2. The van der Waals surface area contributed by atoms with Crippen LogP contribution in [0.1, 0.15) is 41.4 Å². The molecule has 2 aliphatic rings. The van der Waals surface area contributed by atoms with Crippen molar-refractivity contribution in [2.24, 2.45) is 5.92 Å². The van der Waals surface area contributed by atoms with Gasteiger partial charge in [-0.3, -0.25) is 14.3 Å². The molecule has 154 valence electrons. The quantitative estimate of drug-likeness (QED) is 0.802. The summed E-state index contributed by atoms with van der Waals surface area (Å²) < 4.78 is 21.1. The molecule has 1 aromatic heterocycles. The van der Waals surface area contributed by atoms with Crippen LogP contribution in [0.4, 0.5) is 4.39 Å². The average Bonchev–Trinajstić information content (AvgIpc) is 3.13. The highest BCUT2D eigenvalue weighted by Gasteiger charge is 2.26. The number of ether oxygens (including phenoxy) is 1. The van der Waals surface area contributed by atoms with Crippen molar-refractivity contribution < 1.29 is 18.7 Å². The summed E-state index contributed by atoms with van der Waals surface area (Å²) >= 11 is 0. The van der Waals surface area contributed by atoms with E-state index in [1.165, 1.54) is 19.1 Å². The number of carbonyl (C=O) groups is 2. The minimum atomic E-state index is -0.262. The van der Waals surface area contributed by atoms with Crippen LogP contribution in [0.3, 0.4) is 0 Å². The van der Waals surface area contributed by atoms with Crippen molar-refractivity contribution in [3.05, 3.63) is 47.0 Å². The molecule has 0 spiro atoms. The van der Waals surface area contributed by atoms with Gasteiger partial charge in [0.05, 0.1) is 24.0 Å². The fourth-order valence-electron chi connectivity index (χ4n) is 4.01. The normalized spacial score (nSPS) is 20.2. The van der Waals surface area contributed by atoms with Crippen LogP contribution in [0.25, 0.3) is 0 Å². The second-order valence-electron chi connectivity index (χ2n) is 7.76. The molecule has 29 heavy (non-hydrogen) atoms. The number of nitrogens with one attached hydrogen (secondary N) is 2. The molecule has 2 aromatic rings. The highest BCUT2D eigenvalue weighted by atomic mass is 19.1. The van der Waals surface area contributed by atoms with Crippen molar-refractivity contribution in [2.75, 3.05) is 13.1 Å². The first-order valence-corrected chi connectivity index (χ1v) is 10.0. The molecule has 8 heteroatoms. The molecule has 3 heterocycles. The Labute approximate surface area is 168 Å². The number of hydrogen-bond donors (Lipinski definition) is 2. The fourth-order valence-corrected chi connectivity index (χ4v) is 4.01. The van der Waals surface area contributed by atoms with Crippen LogP contribution in [-0.4, -0.2) is 40.8 Å². The molecule has 0 radical (unpaired) electrons. The van der Waals surface area contributed by atoms with Gasteiger partial charge in [0.1, 0.15) is 17.7 Å². The number of nitrogens with zero attached hydrogens (tertiary/aromatic N) is 2. The Balaban J connectivity index is 1.35. The first-order chi connectivity index (χ1) is 14.0. The van der Waals surface area contributed by atoms with Crippen LogP contribution in [0, 0.1) is 11.7 Å². The largest absolute Gasteiger partial charge is 0.488 e. The lowest BCUT2D eigenvalue weighted by molar-refractivity contribution is -0.119. The molecular formula is C21H25FN4O3. The SMILES string of the molecule is CC(=O)NCC1CCn2ncc(C(=O)NCC3CCc4cc(F)ccc4O3)c2C1. The van der Waals surface area contributed by atoms with Crippen molar-refractivity contribution in [1.29, 1.82) is 0 Å². The van der Waals surface area contributed by atoms with Crippen LogP contribution in [0.5, 0.6) is 5.75 Å². The number of benzene rings is 1. The number of halogens is 1. The molecule has 2 unspecified atom stereocenters. The number of carbonyl (C=O) groups excluding carboxylic acids is 2. The van der Waals surface area contributed by atoms with Gasteiger partial charge in [-0.1, -0.05) is 0 Å². The lowest BCUT2D eigenvalue weighted by atomic mass is 9.94. The predicted molar refractivity (Wildman–Crippen MR) is 104 cm³/mol. The second kappa shape index (κ2) is 8.23. The summed E-state index contributed by atoms with van der Waals surface area (Å²) in [6.45, 7) is 3.24. The predicted octanol–water partition coefficient (Wildman–Crippen LogP) is 1.84. The van der Waals surface area contributed by atoms with E-state index in [1.807, 2.05) is 4.68 Å².